The number of nitrogens with two attached hydrogens (primary N) is 1. The van der Waals surface area contributed by atoms with Crippen molar-refractivity contribution in [1.29, 1.82) is 0 Å². The van der Waals surface area contributed by atoms with Crippen LogP contribution in [-0.2, 0) is 0 Å². The molecule has 0 aliphatic carbocycles. The van der Waals surface area contributed by atoms with Crippen LogP contribution in [0.2, 0.25) is 0 Å². The summed E-state index contributed by atoms with van der Waals surface area (Å²) in [5.41, 5.74) is 9.79. The van der Waals surface area contributed by atoms with Gasteiger partial charge in [0, 0.05) is 12.2 Å². The van der Waals surface area contributed by atoms with Crippen LogP contribution in [0.5, 0.6) is 0 Å². The minimum Gasteiger partial charge on any atom is -0.385 e. The van der Waals surface area contributed by atoms with E-state index >= 15 is 0 Å². The summed E-state index contributed by atoms with van der Waals surface area (Å²) in [6.45, 7) is 10.4. The Morgan fingerprint density at radius 1 is 1.25 bits per heavy atom. The zero-order valence-electron chi connectivity index (χ0n) is 10.9. The number of anilines is 1. The maximum absolute atomic E-state index is 5.71. The Morgan fingerprint density at radius 3 is 2.50 bits per heavy atom. The second-order valence-electron chi connectivity index (χ2n) is 5.36. The molecule has 3 N–H and O–H groups in total. The molecule has 16 heavy (non-hydrogen) atoms. The van der Waals surface area contributed by atoms with Gasteiger partial charge in [-0.15, -0.1) is 0 Å². The largest absolute Gasteiger partial charge is 0.385 e. The first kappa shape index (κ1) is 13.0. The van der Waals surface area contributed by atoms with Crippen LogP contribution in [0.4, 0.5) is 5.69 Å². The first-order chi connectivity index (χ1) is 7.44. The molecule has 0 fully saturated rings. The second-order valence-corrected chi connectivity index (χ2v) is 5.36. The van der Waals surface area contributed by atoms with Crippen molar-refractivity contribution in [3.05, 3.63) is 29.3 Å². The van der Waals surface area contributed by atoms with Gasteiger partial charge in [0.2, 0.25) is 0 Å². The van der Waals surface area contributed by atoms with Crippen molar-refractivity contribution in [3.8, 4) is 0 Å². The third kappa shape index (κ3) is 3.86. The van der Waals surface area contributed by atoms with E-state index in [-0.39, 0.29) is 5.41 Å². The normalized spacial score (nSPS) is 11.6. The van der Waals surface area contributed by atoms with Crippen molar-refractivity contribution in [2.45, 2.75) is 34.1 Å². The quantitative estimate of drug-likeness (QED) is 0.800. The van der Waals surface area contributed by atoms with Crippen LogP contribution >= 0.6 is 0 Å². The molecule has 1 aromatic rings. The predicted octanol–water partition coefficient (Wildman–Crippen LogP) is 3.09. The Hall–Kier alpha value is -1.02. The summed E-state index contributed by atoms with van der Waals surface area (Å²) in [4.78, 5) is 0. The monoisotopic (exact) mass is 220 g/mol. The molecule has 0 saturated heterocycles. The van der Waals surface area contributed by atoms with Crippen LogP contribution in [-0.4, -0.2) is 13.1 Å². The molecule has 0 atom stereocenters. The van der Waals surface area contributed by atoms with Gasteiger partial charge in [-0.05, 0) is 43.9 Å². The van der Waals surface area contributed by atoms with E-state index in [4.69, 9.17) is 5.73 Å². The molecule has 1 aromatic carbocycles. The Kier molecular flexibility index (Phi) is 4.36. The molecule has 1 rings (SSSR count). The smallest absolute Gasteiger partial charge is 0.0370 e. The minimum absolute atomic E-state index is 0.228. The molecule has 2 heteroatoms. The van der Waals surface area contributed by atoms with Crippen LogP contribution < -0.4 is 11.1 Å². The molecule has 0 aliphatic rings. The second kappa shape index (κ2) is 5.35. The van der Waals surface area contributed by atoms with E-state index < -0.39 is 0 Å². The lowest BCUT2D eigenvalue weighted by Gasteiger charge is -2.22. The van der Waals surface area contributed by atoms with Crippen LogP contribution in [0.1, 0.15) is 31.4 Å². The Balaban J connectivity index is 2.49. The maximum atomic E-state index is 5.71. The molecular weight excluding hydrogens is 196 g/mol. The lowest BCUT2D eigenvalue weighted by atomic mass is 9.89. The first-order valence-electron chi connectivity index (χ1n) is 5.96. The van der Waals surface area contributed by atoms with Gasteiger partial charge in [-0.25, -0.2) is 0 Å². The summed E-state index contributed by atoms with van der Waals surface area (Å²) in [7, 11) is 0. The lowest BCUT2D eigenvalue weighted by molar-refractivity contribution is 0.358. The van der Waals surface area contributed by atoms with Crippen molar-refractivity contribution in [3.63, 3.8) is 0 Å². The predicted molar refractivity (Wildman–Crippen MR) is 71.9 cm³/mol. The van der Waals surface area contributed by atoms with Crippen molar-refractivity contribution in [2.75, 3.05) is 18.4 Å². The fourth-order valence-electron chi connectivity index (χ4n) is 1.65. The van der Waals surface area contributed by atoms with Crippen LogP contribution in [0.25, 0.3) is 0 Å². The molecule has 0 bridgehead atoms. The first-order valence-corrected chi connectivity index (χ1v) is 5.96. The molecule has 0 radical (unpaired) electrons. The van der Waals surface area contributed by atoms with Gasteiger partial charge in [-0.3, -0.25) is 0 Å². The van der Waals surface area contributed by atoms with Gasteiger partial charge in [-0.2, -0.15) is 0 Å². The average molecular weight is 220 g/mol. The number of rotatable bonds is 5. The summed E-state index contributed by atoms with van der Waals surface area (Å²) in [5, 5.41) is 3.48. The number of hydrogen-bond acceptors (Lipinski definition) is 2. The van der Waals surface area contributed by atoms with Gasteiger partial charge < -0.3 is 11.1 Å². The molecular formula is C14H24N2. The van der Waals surface area contributed by atoms with E-state index in [1.165, 1.54) is 16.8 Å². The van der Waals surface area contributed by atoms with Crippen molar-refractivity contribution in [1.82, 2.24) is 0 Å². The highest BCUT2D eigenvalue weighted by atomic mass is 14.9. The van der Waals surface area contributed by atoms with Gasteiger partial charge in [0.1, 0.15) is 0 Å². The fourth-order valence-corrected chi connectivity index (χ4v) is 1.65. The molecule has 0 heterocycles. The van der Waals surface area contributed by atoms with Gasteiger partial charge in [0.15, 0.2) is 0 Å². The van der Waals surface area contributed by atoms with Crippen LogP contribution in [0.3, 0.4) is 0 Å². The fraction of sp³-hybridized carbons (Fsp3) is 0.571. The van der Waals surface area contributed by atoms with Gasteiger partial charge in [0.05, 0.1) is 0 Å². The summed E-state index contributed by atoms with van der Waals surface area (Å²) in [5.74, 6) is 0. The van der Waals surface area contributed by atoms with E-state index in [1.54, 1.807) is 0 Å². The van der Waals surface area contributed by atoms with Crippen LogP contribution in [0, 0.1) is 19.3 Å². The molecule has 2 nitrogen and oxygen atoms in total. The summed E-state index contributed by atoms with van der Waals surface area (Å²) in [6.07, 6.45) is 1.09. The van der Waals surface area contributed by atoms with E-state index in [1.807, 2.05) is 0 Å². The lowest BCUT2D eigenvalue weighted by Crippen LogP contribution is -2.26. The van der Waals surface area contributed by atoms with E-state index in [0.29, 0.717) is 0 Å². The SMILES string of the molecule is Cc1ccc(NCCC(C)(C)CN)c(C)c1. The van der Waals surface area contributed by atoms with Crippen molar-refractivity contribution >= 4 is 5.69 Å². The Morgan fingerprint density at radius 2 is 1.94 bits per heavy atom. The van der Waals surface area contributed by atoms with Gasteiger partial charge in [0.25, 0.3) is 0 Å². The summed E-state index contributed by atoms with van der Waals surface area (Å²) < 4.78 is 0. The summed E-state index contributed by atoms with van der Waals surface area (Å²) >= 11 is 0. The zero-order chi connectivity index (χ0) is 12.2. The number of hydrogen-bond donors (Lipinski definition) is 2. The Labute approximate surface area is 99.2 Å². The highest BCUT2D eigenvalue weighted by Crippen LogP contribution is 2.20. The number of nitrogens with one attached hydrogen (secondary N) is 1. The molecule has 0 aromatic heterocycles. The topological polar surface area (TPSA) is 38.0 Å². The number of benzene rings is 1. The molecule has 0 amide bonds. The zero-order valence-corrected chi connectivity index (χ0v) is 10.9. The van der Waals surface area contributed by atoms with E-state index in [9.17, 15) is 0 Å². The Bertz CT molecular complexity index is 343. The standard InChI is InChI=1S/C14H24N2/c1-11-5-6-13(12(2)9-11)16-8-7-14(3,4)10-15/h5-6,9,16H,7-8,10,15H2,1-4H3. The molecule has 0 spiro atoms. The molecule has 0 unspecified atom stereocenters. The highest BCUT2D eigenvalue weighted by Gasteiger charge is 2.14. The molecule has 0 aliphatic heterocycles. The van der Waals surface area contributed by atoms with E-state index in [0.717, 1.165) is 19.5 Å². The van der Waals surface area contributed by atoms with E-state index in [2.05, 4.69) is 51.2 Å². The molecule has 90 valence electrons. The molecule has 0 saturated carbocycles. The minimum atomic E-state index is 0.228. The summed E-state index contributed by atoms with van der Waals surface area (Å²) in [6, 6.07) is 6.50. The van der Waals surface area contributed by atoms with Gasteiger partial charge >= 0.3 is 0 Å². The van der Waals surface area contributed by atoms with Crippen molar-refractivity contribution in [2.24, 2.45) is 11.1 Å². The third-order valence-corrected chi connectivity index (χ3v) is 3.05. The average Bonchev–Trinajstić information content (AvgIpc) is 2.21. The van der Waals surface area contributed by atoms with Crippen LogP contribution in [0.15, 0.2) is 18.2 Å². The van der Waals surface area contributed by atoms with Gasteiger partial charge in [-0.1, -0.05) is 31.5 Å². The van der Waals surface area contributed by atoms with Crippen molar-refractivity contribution < 1.29 is 0 Å². The highest BCUT2D eigenvalue weighted by molar-refractivity contribution is 5.51. The maximum Gasteiger partial charge on any atom is 0.0370 e. The third-order valence-electron chi connectivity index (χ3n) is 3.05. The number of aryl methyl sites for hydroxylation is 2.